The van der Waals surface area contributed by atoms with Crippen LogP contribution in [-0.4, -0.2) is 58.5 Å². The highest BCUT2D eigenvalue weighted by atomic mass is 16.4. The third-order valence-corrected chi connectivity index (χ3v) is 4.12. The average Bonchev–Trinajstić information content (AvgIpc) is 2.95. The molecule has 2 aliphatic heterocycles. The van der Waals surface area contributed by atoms with Gasteiger partial charge in [-0.15, -0.1) is 0 Å². The van der Waals surface area contributed by atoms with Gasteiger partial charge in [0.1, 0.15) is 6.04 Å². The molecule has 2 heterocycles. The number of likely N-dealkylation sites (tertiary alicyclic amines) is 2. The molecule has 0 spiro atoms. The van der Waals surface area contributed by atoms with E-state index in [1.54, 1.807) is 6.92 Å². The summed E-state index contributed by atoms with van der Waals surface area (Å²) in [6.45, 7) is 2.91. The van der Waals surface area contributed by atoms with Crippen molar-refractivity contribution in [2.45, 2.75) is 32.2 Å². The smallest absolute Gasteiger partial charge is 0.326 e. The Kier molecular flexibility index (Phi) is 3.38. The van der Waals surface area contributed by atoms with Gasteiger partial charge in [-0.25, -0.2) is 9.59 Å². The highest BCUT2D eigenvalue weighted by Crippen LogP contribution is 2.31. The molecule has 7 nitrogen and oxygen atoms in total. The Morgan fingerprint density at radius 1 is 1.32 bits per heavy atom. The Labute approximate surface area is 111 Å². The first kappa shape index (κ1) is 13.6. The zero-order valence-electron chi connectivity index (χ0n) is 11.0. The van der Waals surface area contributed by atoms with Crippen molar-refractivity contribution in [1.29, 1.82) is 0 Å². The third-order valence-electron chi connectivity index (χ3n) is 4.12. The van der Waals surface area contributed by atoms with E-state index in [0.717, 1.165) is 0 Å². The number of hydrogen-bond acceptors (Lipinski definition) is 3. The van der Waals surface area contributed by atoms with E-state index in [9.17, 15) is 14.4 Å². The van der Waals surface area contributed by atoms with Gasteiger partial charge >= 0.3 is 12.0 Å². The average molecular weight is 269 g/mol. The number of nitrogens with zero attached hydrogens (tertiary/aromatic N) is 2. The number of rotatable bonds is 2. The van der Waals surface area contributed by atoms with E-state index < -0.39 is 23.3 Å². The monoisotopic (exact) mass is 269 g/mol. The number of carboxylic acids is 1. The number of aliphatic carboxylic acids is 1. The summed E-state index contributed by atoms with van der Waals surface area (Å²) in [5.41, 5.74) is 4.64. The Hall–Kier alpha value is -1.79. The summed E-state index contributed by atoms with van der Waals surface area (Å²) in [5.74, 6) is -1.39. The molecule has 0 aromatic heterocycles. The molecular weight excluding hydrogens is 250 g/mol. The van der Waals surface area contributed by atoms with Crippen molar-refractivity contribution in [1.82, 2.24) is 9.80 Å². The van der Waals surface area contributed by atoms with Crippen LogP contribution < -0.4 is 5.73 Å². The van der Waals surface area contributed by atoms with Crippen molar-refractivity contribution in [2.75, 3.05) is 19.6 Å². The lowest BCUT2D eigenvalue weighted by Gasteiger charge is -2.28. The summed E-state index contributed by atoms with van der Waals surface area (Å²) in [4.78, 5) is 37.7. The van der Waals surface area contributed by atoms with Crippen molar-refractivity contribution in [3.8, 4) is 0 Å². The first-order chi connectivity index (χ1) is 8.85. The summed E-state index contributed by atoms with van der Waals surface area (Å²) in [6.07, 6.45) is 1.71. The normalized spacial score (nSPS) is 30.7. The summed E-state index contributed by atoms with van der Waals surface area (Å²) in [6, 6.07) is -1.04. The Morgan fingerprint density at radius 3 is 2.53 bits per heavy atom. The Balaban J connectivity index is 2.06. The molecule has 2 rings (SSSR count). The SMILES string of the molecule is CC1(C(N)=O)CCN(C(=O)N2CCC[C@@H]2C(=O)O)C1. The Morgan fingerprint density at radius 2 is 2.00 bits per heavy atom. The molecule has 7 heteroatoms. The van der Waals surface area contributed by atoms with E-state index in [1.165, 1.54) is 9.80 Å². The van der Waals surface area contributed by atoms with Crippen LogP contribution in [0.15, 0.2) is 0 Å². The molecule has 0 saturated carbocycles. The molecule has 0 aliphatic carbocycles. The van der Waals surface area contributed by atoms with Gasteiger partial charge in [0.2, 0.25) is 5.91 Å². The van der Waals surface area contributed by atoms with E-state index in [4.69, 9.17) is 10.8 Å². The Bertz CT molecular complexity index is 425. The largest absolute Gasteiger partial charge is 0.480 e. The lowest BCUT2D eigenvalue weighted by atomic mass is 9.89. The van der Waals surface area contributed by atoms with Crippen LogP contribution in [0.4, 0.5) is 4.79 Å². The fraction of sp³-hybridized carbons (Fsp3) is 0.750. The van der Waals surface area contributed by atoms with Crippen LogP contribution in [-0.2, 0) is 9.59 Å². The molecule has 3 N–H and O–H groups in total. The molecule has 2 atom stereocenters. The fourth-order valence-electron chi connectivity index (χ4n) is 2.76. The second-order valence-electron chi connectivity index (χ2n) is 5.57. The van der Waals surface area contributed by atoms with Crippen LogP contribution >= 0.6 is 0 Å². The summed E-state index contributed by atoms with van der Waals surface area (Å²) in [5, 5.41) is 9.08. The van der Waals surface area contributed by atoms with Crippen molar-refractivity contribution in [3.63, 3.8) is 0 Å². The first-order valence-electron chi connectivity index (χ1n) is 6.43. The third kappa shape index (κ3) is 2.36. The van der Waals surface area contributed by atoms with Gasteiger partial charge in [-0.05, 0) is 26.2 Å². The molecule has 0 bridgehead atoms. The minimum atomic E-state index is -0.970. The first-order valence-corrected chi connectivity index (χ1v) is 6.43. The van der Waals surface area contributed by atoms with Crippen molar-refractivity contribution >= 4 is 17.9 Å². The zero-order chi connectivity index (χ0) is 14.2. The maximum Gasteiger partial charge on any atom is 0.326 e. The summed E-state index contributed by atoms with van der Waals surface area (Å²) >= 11 is 0. The maximum absolute atomic E-state index is 12.3. The van der Waals surface area contributed by atoms with Gasteiger partial charge in [0.25, 0.3) is 0 Å². The van der Waals surface area contributed by atoms with E-state index in [2.05, 4.69) is 0 Å². The van der Waals surface area contributed by atoms with E-state index in [1.807, 2.05) is 0 Å². The number of carboxylic acid groups (broad SMARTS) is 1. The number of nitrogens with two attached hydrogens (primary N) is 1. The van der Waals surface area contributed by atoms with Crippen molar-refractivity contribution in [3.05, 3.63) is 0 Å². The lowest BCUT2D eigenvalue weighted by Crippen LogP contribution is -2.48. The molecule has 106 valence electrons. The molecule has 3 amide bonds. The predicted octanol–water partition coefficient (Wildman–Crippen LogP) is -0.147. The van der Waals surface area contributed by atoms with Gasteiger partial charge < -0.3 is 20.6 Å². The van der Waals surface area contributed by atoms with Gasteiger partial charge in [0, 0.05) is 19.6 Å². The van der Waals surface area contributed by atoms with Gasteiger partial charge in [0.15, 0.2) is 0 Å². The maximum atomic E-state index is 12.3. The molecule has 1 unspecified atom stereocenters. The van der Waals surface area contributed by atoms with Gasteiger partial charge in [-0.3, -0.25) is 4.79 Å². The van der Waals surface area contributed by atoms with Crippen molar-refractivity contribution < 1.29 is 19.5 Å². The minimum Gasteiger partial charge on any atom is -0.480 e. The van der Waals surface area contributed by atoms with E-state index in [-0.39, 0.29) is 12.6 Å². The molecular formula is C12H19N3O4. The van der Waals surface area contributed by atoms with E-state index in [0.29, 0.717) is 32.4 Å². The molecule has 0 aromatic rings. The highest BCUT2D eigenvalue weighted by molar-refractivity contribution is 5.86. The second kappa shape index (κ2) is 4.71. The molecule has 2 aliphatic rings. The summed E-state index contributed by atoms with van der Waals surface area (Å²) < 4.78 is 0. The number of hydrogen-bond donors (Lipinski definition) is 2. The van der Waals surface area contributed by atoms with Crippen LogP contribution in [0.25, 0.3) is 0 Å². The highest BCUT2D eigenvalue weighted by Gasteiger charge is 2.44. The molecule has 19 heavy (non-hydrogen) atoms. The van der Waals surface area contributed by atoms with E-state index >= 15 is 0 Å². The van der Waals surface area contributed by atoms with Gasteiger partial charge in [0.05, 0.1) is 5.41 Å². The van der Waals surface area contributed by atoms with Crippen molar-refractivity contribution in [2.24, 2.45) is 11.1 Å². The van der Waals surface area contributed by atoms with Crippen LogP contribution in [0.5, 0.6) is 0 Å². The topological polar surface area (TPSA) is 104 Å². The summed E-state index contributed by atoms with van der Waals surface area (Å²) in [7, 11) is 0. The standard InChI is InChI=1S/C12H19N3O4/c1-12(10(13)18)4-6-14(7-12)11(19)15-5-2-3-8(15)9(16)17/h8H,2-7H2,1H3,(H2,13,18)(H,16,17)/t8-,12?/m1/s1. The van der Waals surface area contributed by atoms with Gasteiger partial charge in [-0.2, -0.15) is 0 Å². The number of carbonyl (C=O) groups is 3. The van der Waals surface area contributed by atoms with Crippen LogP contribution in [0.3, 0.4) is 0 Å². The van der Waals surface area contributed by atoms with Gasteiger partial charge in [-0.1, -0.05) is 0 Å². The minimum absolute atomic E-state index is 0.268. The fourth-order valence-corrected chi connectivity index (χ4v) is 2.76. The lowest BCUT2D eigenvalue weighted by molar-refractivity contribution is -0.141. The van der Waals surface area contributed by atoms with Crippen LogP contribution in [0.1, 0.15) is 26.2 Å². The molecule has 2 fully saturated rings. The molecule has 2 saturated heterocycles. The molecule has 0 aromatic carbocycles. The quantitative estimate of drug-likeness (QED) is 0.727. The zero-order valence-corrected chi connectivity index (χ0v) is 11.0. The number of urea groups is 1. The second-order valence-corrected chi connectivity index (χ2v) is 5.57. The van der Waals surface area contributed by atoms with Crippen LogP contribution in [0.2, 0.25) is 0 Å². The predicted molar refractivity (Wildman–Crippen MR) is 66.3 cm³/mol. The molecule has 0 radical (unpaired) electrons. The number of carbonyl (C=O) groups excluding carboxylic acids is 2. The van der Waals surface area contributed by atoms with Crippen LogP contribution in [0, 0.1) is 5.41 Å². The number of primary amides is 1. The number of amides is 3.